The molecule has 0 spiro atoms. The van der Waals surface area contributed by atoms with E-state index in [1.165, 1.54) is 6.42 Å². The molecule has 2 aliphatic rings. The van der Waals surface area contributed by atoms with Crippen molar-refractivity contribution < 1.29 is 9.59 Å². The van der Waals surface area contributed by atoms with Crippen molar-refractivity contribution in [3.63, 3.8) is 0 Å². The monoisotopic (exact) mass is 452 g/mol. The summed E-state index contributed by atoms with van der Waals surface area (Å²) in [5.74, 6) is -0.358. The smallest absolute Gasteiger partial charge is 0.272 e. The van der Waals surface area contributed by atoms with Crippen molar-refractivity contribution in [3.05, 3.63) is 47.7 Å². The fraction of sp³-hybridized carbons (Fsp3) is 0.304. The Bertz CT molecular complexity index is 1180. The number of aromatic nitrogens is 2. The number of hydrogen-bond donors (Lipinski definition) is 4. The van der Waals surface area contributed by atoms with Gasteiger partial charge in [0, 0.05) is 28.4 Å². The molecule has 1 fully saturated rings. The van der Waals surface area contributed by atoms with Crippen LogP contribution in [0.15, 0.2) is 41.6 Å². The third kappa shape index (κ3) is 3.99. The van der Waals surface area contributed by atoms with Crippen molar-refractivity contribution in [1.29, 1.82) is 0 Å². The number of H-pyrrole nitrogens is 1. The molecule has 0 unspecified atom stereocenters. The minimum atomic E-state index is -0.560. The molecular weight excluding hydrogens is 428 g/mol. The predicted octanol–water partition coefficient (Wildman–Crippen LogP) is 3.58. The number of pyridine rings is 1. The summed E-state index contributed by atoms with van der Waals surface area (Å²) in [5, 5.41) is 7.71. The van der Waals surface area contributed by atoms with E-state index in [-0.39, 0.29) is 30.1 Å². The van der Waals surface area contributed by atoms with E-state index in [1.54, 1.807) is 18.5 Å². The second-order valence-corrected chi connectivity index (χ2v) is 8.19. The molecule has 5 rings (SSSR count). The number of amides is 2. The Morgan fingerprint density at radius 1 is 1.19 bits per heavy atom. The Balaban J connectivity index is 0.00000245. The van der Waals surface area contributed by atoms with Crippen LogP contribution in [-0.2, 0) is 4.79 Å². The maximum Gasteiger partial charge on any atom is 0.272 e. The summed E-state index contributed by atoms with van der Waals surface area (Å²) in [7, 11) is 0. The van der Waals surface area contributed by atoms with Crippen LogP contribution in [0.2, 0.25) is 0 Å². The minimum absolute atomic E-state index is 0. The predicted molar refractivity (Wildman–Crippen MR) is 127 cm³/mol. The van der Waals surface area contributed by atoms with Crippen molar-refractivity contribution in [2.75, 3.05) is 5.32 Å². The number of anilines is 1. The molecule has 8 nitrogen and oxygen atoms in total. The Morgan fingerprint density at radius 2 is 2.00 bits per heavy atom. The van der Waals surface area contributed by atoms with E-state index in [9.17, 15) is 9.59 Å². The van der Waals surface area contributed by atoms with Gasteiger partial charge in [0.15, 0.2) is 0 Å². The van der Waals surface area contributed by atoms with E-state index in [0.717, 1.165) is 53.5 Å². The highest BCUT2D eigenvalue weighted by Gasteiger charge is 2.27. The van der Waals surface area contributed by atoms with Crippen molar-refractivity contribution in [2.24, 2.45) is 16.8 Å². The molecule has 1 aliphatic heterocycles. The van der Waals surface area contributed by atoms with Gasteiger partial charge in [0.1, 0.15) is 0 Å². The Kier molecular flexibility index (Phi) is 6.25. The molecule has 0 saturated heterocycles. The van der Waals surface area contributed by atoms with Crippen LogP contribution in [-0.4, -0.2) is 34.0 Å². The summed E-state index contributed by atoms with van der Waals surface area (Å²) < 4.78 is 0. The van der Waals surface area contributed by atoms with Crippen molar-refractivity contribution in [3.8, 4) is 11.4 Å². The number of rotatable bonds is 4. The van der Waals surface area contributed by atoms with Crippen molar-refractivity contribution >= 4 is 47.0 Å². The first-order valence-electron chi connectivity index (χ1n) is 10.6. The van der Waals surface area contributed by atoms with E-state index < -0.39 is 6.04 Å². The maximum absolute atomic E-state index is 12.8. The first-order valence-corrected chi connectivity index (χ1v) is 10.6. The fourth-order valence-corrected chi connectivity index (χ4v) is 4.60. The molecule has 1 aromatic carbocycles. The quantitative estimate of drug-likeness (QED) is 0.482. The number of nitrogens with zero attached hydrogens (tertiary/aromatic N) is 2. The minimum Gasteiger partial charge on any atom is -0.353 e. The SMILES string of the molecule is Cl.N[C@@H](C(=O)Nc1cc2c3c(c(-c4ccccn4)[nH]c3c1)C=NNC2=O)C1CCCCC1. The normalized spacial score (nSPS) is 16.7. The average Bonchev–Trinajstić information content (AvgIpc) is 3.08. The van der Waals surface area contributed by atoms with Gasteiger partial charge in [-0.05, 0) is 43.0 Å². The number of hydrogen-bond acceptors (Lipinski definition) is 5. The van der Waals surface area contributed by atoms with Gasteiger partial charge >= 0.3 is 0 Å². The zero-order valence-corrected chi connectivity index (χ0v) is 18.2. The van der Waals surface area contributed by atoms with Crippen LogP contribution in [0.5, 0.6) is 0 Å². The molecule has 32 heavy (non-hydrogen) atoms. The van der Waals surface area contributed by atoms with Gasteiger partial charge in [-0.2, -0.15) is 5.10 Å². The third-order valence-electron chi connectivity index (χ3n) is 6.19. The average molecular weight is 453 g/mol. The van der Waals surface area contributed by atoms with Crippen LogP contribution in [0.4, 0.5) is 5.69 Å². The number of nitrogens with two attached hydrogens (primary N) is 1. The largest absolute Gasteiger partial charge is 0.353 e. The van der Waals surface area contributed by atoms with E-state index >= 15 is 0 Å². The zero-order chi connectivity index (χ0) is 21.4. The highest BCUT2D eigenvalue weighted by molar-refractivity contribution is 6.18. The lowest BCUT2D eigenvalue weighted by Crippen LogP contribution is -2.42. The van der Waals surface area contributed by atoms with Gasteiger partial charge in [-0.25, -0.2) is 5.43 Å². The lowest BCUT2D eigenvalue weighted by molar-refractivity contribution is -0.118. The zero-order valence-electron chi connectivity index (χ0n) is 17.4. The molecule has 0 bridgehead atoms. The van der Waals surface area contributed by atoms with Gasteiger partial charge in [-0.1, -0.05) is 25.3 Å². The molecule has 9 heteroatoms. The lowest BCUT2D eigenvalue weighted by atomic mass is 9.84. The van der Waals surface area contributed by atoms with E-state index in [1.807, 2.05) is 24.3 Å². The first-order chi connectivity index (χ1) is 15.1. The van der Waals surface area contributed by atoms with Gasteiger partial charge in [0.2, 0.25) is 5.91 Å². The van der Waals surface area contributed by atoms with Crippen LogP contribution in [0, 0.1) is 5.92 Å². The topological polar surface area (TPSA) is 125 Å². The van der Waals surface area contributed by atoms with E-state index in [2.05, 4.69) is 25.8 Å². The molecule has 166 valence electrons. The van der Waals surface area contributed by atoms with Gasteiger partial charge in [0.05, 0.1) is 29.2 Å². The summed E-state index contributed by atoms with van der Waals surface area (Å²) in [6.07, 6.45) is 8.72. The van der Waals surface area contributed by atoms with Gasteiger partial charge < -0.3 is 16.0 Å². The molecule has 3 aromatic rings. The van der Waals surface area contributed by atoms with Gasteiger partial charge in [0.25, 0.3) is 5.91 Å². The van der Waals surface area contributed by atoms with Crippen LogP contribution >= 0.6 is 12.4 Å². The number of aromatic amines is 1. The Morgan fingerprint density at radius 3 is 2.75 bits per heavy atom. The molecule has 2 amide bonds. The van der Waals surface area contributed by atoms with Crippen molar-refractivity contribution in [1.82, 2.24) is 15.4 Å². The number of hydrazone groups is 1. The Labute approximate surface area is 191 Å². The van der Waals surface area contributed by atoms with Gasteiger partial charge in [-0.15, -0.1) is 12.4 Å². The molecular formula is C23H25ClN6O2. The molecule has 1 aliphatic carbocycles. The van der Waals surface area contributed by atoms with Crippen molar-refractivity contribution in [2.45, 2.75) is 38.1 Å². The maximum atomic E-state index is 12.8. The number of carbonyl (C=O) groups is 2. The molecule has 3 heterocycles. The Hall–Kier alpha value is -3.23. The number of carbonyl (C=O) groups excluding carboxylic acids is 2. The molecule has 1 atom stereocenters. The van der Waals surface area contributed by atoms with E-state index in [0.29, 0.717) is 11.3 Å². The van der Waals surface area contributed by atoms with Gasteiger partial charge in [-0.3, -0.25) is 14.6 Å². The molecule has 0 radical (unpaired) electrons. The standard InChI is InChI=1S/C23H24N6O2.ClH/c24-20(13-6-2-1-3-7-13)23(31)27-14-10-15-19-16(12-26-29-22(15)30)21(28-18(19)11-14)17-8-4-5-9-25-17;/h4-5,8-13,20,28H,1-3,6-7,24H2,(H,27,31)(H,29,30);1H/t20-;/m1./s1. The number of nitrogens with one attached hydrogen (secondary N) is 3. The lowest BCUT2D eigenvalue weighted by Gasteiger charge is -2.26. The second kappa shape index (κ2) is 9.10. The summed E-state index contributed by atoms with van der Waals surface area (Å²) >= 11 is 0. The first kappa shape index (κ1) is 22.0. The fourth-order valence-electron chi connectivity index (χ4n) is 4.60. The van der Waals surface area contributed by atoms with Crippen LogP contribution < -0.4 is 16.5 Å². The highest BCUT2D eigenvalue weighted by Crippen LogP contribution is 2.34. The molecule has 2 aromatic heterocycles. The second-order valence-electron chi connectivity index (χ2n) is 8.19. The summed E-state index contributed by atoms with van der Waals surface area (Å²) in [4.78, 5) is 33.3. The molecule has 5 N–H and O–H groups in total. The summed E-state index contributed by atoms with van der Waals surface area (Å²) in [6.45, 7) is 0. The number of benzene rings is 1. The van der Waals surface area contributed by atoms with E-state index in [4.69, 9.17) is 5.73 Å². The van der Waals surface area contributed by atoms with Crippen LogP contribution in [0.25, 0.3) is 22.3 Å². The third-order valence-corrected chi connectivity index (χ3v) is 6.19. The van der Waals surface area contributed by atoms with Crippen LogP contribution in [0.1, 0.15) is 48.0 Å². The summed E-state index contributed by atoms with van der Waals surface area (Å²) in [5.41, 5.74) is 12.8. The number of halogens is 1. The molecule has 1 saturated carbocycles. The highest BCUT2D eigenvalue weighted by atomic mass is 35.5. The van der Waals surface area contributed by atoms with Crippen LogP contribution in [0.3, 0.4) is 0 Å². The summed E-state index contributed by atoms with van der Waals surface area (Å²) in [6, 6.07) is 8.58.